The average Bonchev–Trinajstić information content (AvgIpc) is 3.37. The van der Waals surface area contributed by atoms with Gasteiger partial charge in [-0.05, 0) is 24.1 Å². The predicted octanol–water partition coefficient (Wildman–Crippen LogP) is 2.26. The van der Waals surface area contributed by atoms with Crippen molar-refractivity contribution in [2.45, 2.75) is 31.5 Å². The minimum Gasteiger partial charge on any atom is -0.467 e. The molecule has 1 aliphatic rings. The van der Waals surface area contributed by atoms with E-state index in [9.17, 15) is 9.59 Å². The van der Waals surface area contributed by atoms with Crippen LogP contribution < -0.4 is 14.8 Å². The third kappa shape index (κ3) is 4.56. The van der Waals surface area contributed by atoms with E-state index >= 15 is 0 Å². The minimum atomic E-state index is -0.685. The van der Waals surface area contributed by atoms with Crippen molar-refractivity contribution >= 4 is 23.6 Å². The summed E-state index contributed by atoms with van der Waals surface area (Å²) < 4.78 is 21.0. The normalized spacial score (nSPS) is 14.4. The maximum absolute atomic E-state index is 12.2. The van der Waals surface area contributed by atoms with E-state index in [0.29, 0.717) is 23.0 Å². The van der Waals surface area contributed by atoms with Crippen molar-refractivity contribution in [1.29, 1.82) is 0 Å². The van der Waals surface area contributed by atoms with E-state index in [1.165, 1.54) is 7.11 Å². The number of nitrogens with one attached hydrogen (secondary N) is 1. The van der Waals surface area contributed by atoms with Crippen molar-refractivity contribution in [2.75, 3.05) is 19.7 Å². The number of benzene rings is 1. The van der Waals surface area contributed by atoms with Crippen molar-refractivity contribution in [1.82, 2.24) is 15.5 Å². The summed E-state index contributed by atoms with van der Waals surface area (Å²) in [5, 5.41) is 10.9. The molecule has 10 heteroatoms. The Morgan fingerprint density at radius 2 is 2.07 bits per heavy atom. The largest absolute Gasteiger partial charge is 0.467 e. The molecular weight excluding hydrogens is 386 g/mol. The van der Waals surface area contributed by atoms with Gasteiger partial charge < -0.3 is 23.9 Å². The Balaban J connectivity index is 1.58. The molecule has 2 aromatic rings. The number of fused-ring (bicyclic) bond motifs is 1. The highest BCUT2D eigenvalue weighted by atomic mass is 32.2. The Morgan fingerprint density at radius 3 is 2.82 bits per heavy atom. The zero-order valence-electron chi connectivity index (χ0n) is 15.8. The van der Waals surface area contributed by atoms with Crippen LogP contribution in [0.1, 0.15) is 20.3 Å². The molecule has 0 radical (unpaired) electrons. The third-order valence-electron chi connectivity index (χ3n) is 4.34. The van der Waals surface area contributed by atoms with Crippen molar-refractivity contribution < 1.29 is 28.2 Å². The zero-order chi connectivity index (χ0) is 20.1. The van der Waals surface area contributed by atoms with Crippen LogP contribution in [0.25, 0.3) is 11.5 Å². The van der Waals surface area contributed by atoms with Gasteiger partial charge in [-0.15, -0.1) is 10.2 Å². The van der Waals surface area contributed by atoms with Crippen molar-refractivity contribution in [2.24, 2.45) is 5.92 Å². The van der Waals surface area contributed by atoms with Gasteiger partial charge in [0.15, 0.2) is 11.5 Å². The van der Waals surface area contributed by atoms with Crippen molar-refractivity contribution in [3.05, 3.63) is 18.2 Å². The van der Waals surface area contributed by atoms with Gasteiger partial charge in [-0.25, -0.2) is 4.79 Å². The van der Waals surface area contributed by atoms with E-state index in [2.05, 4.69) is 15.5 Å². The molecule has 1 amide bonds. The number of methoxy groups -OCH3 is 1. The Hall–Kier alpha value is -2.75. The molecule has 3 rings (SSSR count). The second-order valence-electron chi connectivity index (χ2n) is 6.18. The number of carbonyl (C=O) groups excluding carboxylic acids is 2. The number of rotatable bonds is 8. The Kier molecular flexibility index (Phi) is 6.40. The first-order chi connectivity index (χ1) is 13.5. The topological polar surface area (TPSA) is 113 Å². The van der Waals surface area contributed by atoms with Gasteiger partial charge in [-0.3, -0.25) is 4.79 Å². The molecule has 1 N–H and O–H groups in total. The molecule has 0 saturated carbocycles. The summed E-state index contributed by atoms with van der Waals surface area (Å²) in [5.74, 6) is 0.807. The van der Waals surface area contributed by atoms with E-state index in [-0.39, 0.29) is 29.6 Å². The first kappa shape index (κ1) is 20.0. The fourth-order valence-corrected chi connectivity index (χ4v) is 3.13. The van der Waals surface area contributed by atoms with Gasteiger partial charge in [0, 0.05) is 5.56 Å². The van der Waals surface area contributed by atoms with Gasteiger partial charge in [0.05, 0.1) is 12.9 Å². The average molecular weight is 407 g/mol. The first-order valence-corrected chi connectivity index (χ1v) is 9.74. The first-order valence-electron chi connectivity index (χ1n) is 8.75. The number of aromatic nitrogens is 2. The number of amides is 1. The summed E-state index contributed by atoms with van der Waals surface area (Å²) in [6.45, 7) is 4.00. The van der Waals surface area contributed by atoms with Crippen LogP contribution in [0.2, 0.25) is 0 Å². The maximum Gasteiger partial charge on any atom is 0.328 e. The van der Waals surface area contributed by atoms with Crippen LogP contribution >= 0.6 is 11.8 Å². The lowest BCUT2D eigenvalue weighted by atomic mass is 9.99. The maximum atomic E-state index is 12.2. The van der Waals surface area contributed by atoms with E-state index in [1.54, 1.807) is 18.2 Å². The van der Waals surface area contributed by atoms with Gasteiger partial charge in [0.25, 0.3) is 5.22 Å². The molecule has 0 saturated heterocycles. The SMILES string of the molecule is CC[C@@H](C)[C@@H](NC(=O)CSc1nnc(-c2ccc3c(c2)OCO3)o1)C(=O)OC. The number of hydrogen-bond acceptors (Lipinski definition) is 9. The molecule has 0 unspecified atom stereocenters. The molecule has 150 valence electrons. The summed E-state index contributed by atoms with van der Waals surface area (Å²) in [6.07, 6.45) is 0.732. The highest BCUT2D eigenvalue weighted by Gasteiger charge is 2.27. The minimum absolute atomic E-state index is 0.0344. The van der Waals surface area contributed by atoms with Crippen LogP contribution in [0.3, 0.4) is 0 Å². The lowest BCUT2D eigenvalue weighted by molar-refractivity contribution is -0.146. The number of hydrogen-bond donors (Lipinski definition) is 1. The molecule has 1 aromatic heterocycles. The van der Waals surface area contributed by atoms with Crippen LogP contribution in [0.15, 0.2) is 27.8 Å². The highest BCUT2D eigenvalue weighted by molar-refractivity contribution is 7.99. The second kappa shape index (κ2) is 8.96. The predicted molar refractivity (Wildman–Crippen MR) is 100.0 cm³/mol. The molecule has 0 aliphatic carbocycles. The quantitative estimate of drug-likeness (QED) is 0.520. The van der Waals surface area contributed by atoms with Gasteiger partial charge in [0.2, 0.25) is 18.6 Å². The number of carbonyl (C=O) groups is 2. The van der Waals surface area contributed by atoms with Crippen molar-refractivity contribution in [3.63, 3.8) is 0 Å². The summed E-state index contributed by atoms with van der Waals surface area (Å²) in [5.41, 5.74) is 0.690. The lowest BCUT2D eigenvalue weighted by Crippen LogP contribution is -2.46. The van der Waals surface area contributed by atoms with Crippen LogP contribution in [-0.4, -0.2) is 47.8 Å². The van der Waals surface area contributed by atoms with Gasteiger partial charge >= 0.3 is 5.97 Å². The van der Waals surface area contributed by atoms with Gasteiger partial charge in [-0.1, -0.05) is 32.0 Å². The zero-order valence-corrected chi connectivity index (χ0v) is 16.6. The second-order valence-corrected chi connectivity index (χ2v) is 7.11. The molecule has 0 bridgehead atoms. The molecule has 0 fully saturated rings. The standard InChI is InChI=1S/C18H21N3O6S/c1-4-10(2)15(17(23)24-3)19-14(22)8-28-18-21-20-16(27-18)11-5-6-12-13(7-11)26-9-25-12/h5-7,10,15H,4,8-9H2,1-3H3,(H,19,22)/t10-,15-/m1/s1. The molecule has 2 heterocycles. The fraction of sp³-hybridized carbons (Fsp3) is 0.444. The molecule has 1 aromatic carbocycles. The molecule has 28 heavy (non-hydrogen) atoms. The summed E-state index contributed by atoms with van der Waals surface area (Å²) in [6, 6.07) is 4.62. The van der Waals surface area contributed by atoms with Crippen LogP contribution in [0, 0.1) is 5.92 Å². The number of thioether (sulfide) groups is 1. The molecule has 1 aliphatic heterocycles. The van der Waals surface area contributed by atoms with E-state index in [4.69, 9.17) is 18.6 Å². The number of nitrogens with zero attached hydrogens (tertiary/aromatic N) is 2. The lowest BCUT2D eigenvalue weighted by Gasteiger charge is -2.21. The Labute approximate surface area is 166 Å². The third-order valence-corrected chi connectivity index (χ3v) is 5.16. The van der Waals surface area contributed by atoms with Crippen LogP contribution in [0.5, 0.6) is 11.5 Å². The van der Waals surface area contributed by atoms with E-state index in [0.717, 1.165) is 18.2 Å². The monoisotopic (exact) mass is 407 g/mol. The Morgan fingerprint density at radius 1 is 1.29 bits per heavy atom. The summed E-state index contributed by atoms with van der Waals surface area (Å²) in [4.78, 5) is 24.1. The summed E-state index contributed by atoms with van der Waals surface area (Å²) in [7, 11) is 1.30. The van der Waals surface area contributed by atoms with Crippen molar-refractivity contribution in [3.8, 4) is 23.0 Å². The molecule has 9 nitrogen and oxygen atoms in total. The van der Waals surface area contributed by atoms with Crippen LogP contribution in [-0.2, 0) is 14.3 Å². The smallest absolute Gasteiger partial charge is 0.328 e. The van der Waals surface area contributed by atoms with Crippen LogP contribution in [0.4, 0.5) is 0 Å². The Bertz CT molecular complexity index is 856. The van der Waals surface area contributed by atoms with E-state index in [1.807, 2.05) is 13.8 Å². The highest BCUT2D eigenvalue weighted by Crippen LogP contribution is 2.35. The van der Waals surface area contributed by atoms with Gasteiger partial charge in [-0.2, -0.15) is 0 Å². The molecule has 0 spiro atoms. The molecular formula is C18H21N3O6S. The fourth-order valence-electron chi connectivity index (χ4n) is 2.55. The van der Waals surface area contributed by atoms with E-state index < -0.39 is 12.0 Å². The van der Waals surface area contributed by atoms with Gasteiger partial charge in [0.1, 0.15) is 6.04 Å². The number of ether oxygens (including phenoxy) is 3. The molecule has 2 atom stereocenters. The summed E-state index contributed by atoms with van der Waals surface area (Å²) >= 11 is 1.09. The number of esters is 1.